The van der Waals surface area contributed by atoms with Crippen molar-refractivity contribution < 1.29 is 8.42 Å². The molecule has 0 aromatic heterocycles. The second-order valence-electron chi connectivity index (χ2n) is 2.79. The van der Waals surface area contributed by atoms with E-state index < -0.39 is 9.84 Å². The quantitative estimate of drug-likeness (QED) is 0.663. The van der Waals surface area contributed by atoms with E-state index in [4.69, 9.17) is 0 Å². The average molecular weight is 236 g/mol. The smallest absolute Gasteiger partial charge is 0.206 e. The summed E-state index contributed by atoms with van der Waals surface area (Å²) in [5, 5.41) is 0. The first-order chi connectivity index (χ1) is 7.54. The lowest BCUT2D eigenvalue weighted by molar-refractivity contribution is 0.609. The zero-order chi connectivity index (χ0) is 12.6. The van der Waals surface area contributed by atoms with E-state index in [1.807, 2.05) is 0 Å². The molecular formula is C13H16O2S. The first-order valence-electron chi connectivity index (χ1n) is 4.70. The van der Waals surface area contributed by atoms with Crippen LogP contribution in [0.5, 0.6) is 0 Å². The Bertz CT molecular complexity index is 460. The van der Waals surface area contributed by atoms with Crippen LogP contribution in [0.3, 0.4) is 0 Å². The number of rotatable bonds is 6. The summed E-state index contributed by atoms with van der Waals surface area (Å²) in [6.07, 6.45) is 10.4. The lowest BCUT2D eigenvalue weighted by atomic mass is 10.4. The molecule has 0 amide bonds. The summed E-state index contributed by atoms with van der Waals surface area (Å²) in [6, 6.07) is 0. The lowest BCUT2D eigenvalue weighted by Gasteiger charge is -2.04. The molecule has 0 aliphatic rings. The van der Waals surface area contributed by atoms with Crippen LogP contribution in [0.1, 0.15) is 6.92 Å². The molecule has 86 valence electrons. The normalized spacial score (nSPS) is 13.8. The third-order valence-corrected chi connectivity index (χ3v) is 3.76. The predicted octanol–water partition coefficient (Wildman–Crippen LogP) is 3.30. The Morgan fingerprint density at radius 3 is 1.94 bits per heavy atom. The average Bonchev–Trinajstić information content (AvgIpc) is 2.25. The molecule has 0 radical (unpaired) electrons. The van der Waals surface area contributed by atoms with Crippen molar-refractivity contribution in [1.82, 2.24) is 0 Å². The highest BCUT2D eigenvalue weighted by Gasteiger charge is 2.17. The van der Waals surface area contributed by atoms with Gasteiger partial charge in [0.15, 0.2) is 0 Å². The van der Waals surface area contributed by atoms with Crippen molar-refractivity contribution in [3.63, 3.8) is 0 Å². The summed E-state index contributed by atoms with van der Waals surface area (Å²) in [5.74, 6) is 0. The van der Waals surface area contributed by atoms with E-state index in [-0.39, 0.29) is 9.81 Å². The molecule has 0 heterocycles. The molecule has 0 aliphatic heterocycles. The van der Waals surface area contributed by atoms with Crippen LogP contribution in [-0.4, -0.2) is 8.42 Å². The maximum absolute atomic E-state index is 12.0. The minimum absolute atomic E-state index is 0.138. The van der Waals surface area contributed by atoms with E-state index in [1.54, 1.807) is 25.2 Å². The van der Waals surface area contributed by atoms with Gasteiger partial charge in [0.05, 0.1) is 9.81 Å². The van der Waals surface area contributed by atoms with Gasteiger partial charge in [-0.05, 0) is 13.0 Å². The molecule has 0 saturated heterocycles. The van der Waals surface area contributed by atoms with E-state index in [0.717, 1.165) is 0 Å². The maximum atomic E-state index is 12.0. The zero-order valence-electron chi connectivity index (χ0n) is 9.39. The SMILES string of the molecule is C=C/C=C\C=C(/C=C)S(=O)(=O)/C(C=C)=C/C. The summed E-state index contributed by atoms with van der Waals surface area (Å²) < 4.78 is 24.0. The van der Waals surface area contributed by atoms with Gasteiger partial charge in [-0.15, -0.1) is 0 Å². The van der Waals surface area contributed by atoms with Gasteiger partial charge in [0.25, 0.3) is 0 Å². The Balaban J connectivity index is 5.50. The summed E-state index contributed by atoms with van der Waals surface area (Å²) in [4.78, 5) is 0.309. The molecule has 0 aliphatic carbocycles. The molecule has 0 aromatic rings. The molecular weight excluding hydrogens is 220 g/mol. The van der Waals surface area contributed by atoms with Crippen molar-refractivity contribution >= 4 is 9.84 Å². The van der Waals surface area contributed by atoms with Gasteiger partial charge >= 0.3 is 0 Å². The number of allylic oxidation sites excluding steroid dienone is 7. The Hall–Kier alpha value is -1.61. The molecule has 0 N–H and O–H groups in total. The first-order valence-corrected chi connectivity index (χ1v) is 6.18. The molecule has 0 saturated carbocycles. The third-order valence-electron chi connectivity index (χ3n) is 1.82. The van der Waals surface area contributed by atoms with Crippen LogP contribution in [0, 0.1) is 0 Å². The van der Waals surface area contributed by atoms with E-state index >= 15 is 0 Å². The van der Waals surface area contributed by atoms with Gasteiger partial charge in [-0.3, -0.25) is 0 Å². The highest BCUT2D eigenvalue weighted by atomic mass is 32.2. The molecule has 0 atom stereocenters. The molecule has 0 bridgehead atoms. The Kier molecular flexibility index (Phi) is 6.11. The van der Waals surface area contributed by atoms with Gasteiger partial charge in [-0.1, -0.05) is 56.2 Å². The number of hydrogen-bond donors (Lipinski definition) is 0. The molecule has 0 spiro atoms. The van der Waals surface area contributed by atoms with E-state index in [2.05, 4.69) is 19.7 Å². The number of sulfone groups is 1. The Morgan fingerprint density at radius 2 is 1.56 bits per heavy atom. The maximum Gasteiger partial charge on any atom is 0.206 e. The lowest BCUT2D eigenvalue weighted by Crippen LogP contribution is -2.03. The second kappa shape index (κ2) is 6.80. The highest BCUT2D eigenvalue weighted by molar-refractivity contribution is 7.99. The van der Waals surface area contributed by atoms with Gasteiger partial charge in [-0.2, -0.15) is 0 Å². The van der Waals surface area contributed by atoms with Crippen LogP contribution in [-0.2, 0) is 9.84 Å². The van der Waals surface area contributed by atoms with Gasteiger partial charge in [0, 0.05) is 0 Å². The van der Waals surface area contributed by atoms with E-state index in [9.17, 15) is 8.42 Å². The van der Waals surface area contributed by atoms with Crippen LogP contribution < -0.4 is 0 Å². The summed E-state index contributed by atoms with van der Waals surface area (Å²) in [5.41, 5.74) is 0. The van der Waals surface area contributed by atoms with Crippen LogP contribution in [0.4, 0.5) is 0 Å². The van der Waals surface area contributed by atoms with Crippen molar-refractivity contribution in [2.45, 2.75) is 6.92 Å². The van der Waals surface area contributed by atoms with E-state index in [0.29, 0.717) is 0 Å². The number of hydrogen-bond acceptors (Lipinski definition) is 2. The molecule has 2 nitrogen and oxygen atoms in total. The fourth-order valence-electron chi connectivity index (χ4n) is 1.02. The topological polar surface area (TPSA) is 34.1 Å². The van der Waals surface area contributed by atoms with Gasteiger partial charge in [0.1, 0.15) is 0 Å². The molecule has 3 heteroatoms. The highest BCUT2D eigenvalue weighted by Crippen LogP contribution is 2.19. The summed E-state index contributed by atoms with van der Waals surface area (Å²) in [7, 11) is -3.49. The zero-order valence-corrected chi connectivity index (χ0v) is 10.2. The first kappa shape index (κ1) is 14.4. The molecule has 16 heavy (non-hydrogen) atoms. The monoisotopic (exact) mass is 236 g/mol. The van der Waals surface area contributed by atoms with Crippen molar-refractivity contribution in [3.8, 4) is 0 Å². The summed E-state index contributed by atoms with van der Waals surface area (Å²) >= 11 is 0. The molecule has 0 aromatic carbocycles. The summed E-state index contributed by atoms with van der Waals surface area (Å²) in [6.45, 7) is 12.1. The van der Waals surface area contributed by atoms with Crippen molar-refractivity contribution in [3.05, 3.63) is 72.1 Å². The Morgan fingerprint density at radius 1 is 1.00 bits per heavy atom. The van der Waals surface area contributed by atoms with Gasteiger partial charge in [-0.25, -0.2) is 8.42 Å². The van der Waals surface area contributed by atoms with Crippen LogP contribution in [0.15, 0.2) is 72.1 Å². The molecule has 0 fully saturated rings. The van der Waals surface area contributed by atoms with Crippen LogP contribution in [0.25, 0.3) is 0 Å². The minimum Gasteiger partial charge on any atom is -0.219 e. The van der Waals surface area contributed by atoms with E-state index in [1.165, 1.54) is 24.3 Å². The van der Waals surface area contributed by atoms with Crippen LogP contribution >= 0.6 is 0 Å². The van der Waals surface area contributed by atoms with Crippen molar-refractivity contribution in [2.24, 2.45) is 0 Å². The van der Waals surface area contributed by atoms with Crippen LogP contribution in [0.2, 0.25) is 0 Å². The second-order valence-corrected chi connectivity index (χ2v) is 4.74. The molecule has 0 rings (SSSR count). The fraction of sp³-hybridized carbons (Fsp3) is 0.0769. The fourth-order valence-corrected chi connectivity index (χ4v) is 2.29. The Labute approximate surface area is 97.6 Å². The third kappa shape index (κ3) is 3.51. The van der Waals surface area contributed by atoms with Gasteiger partial charge in [0.2, 0.25) is 9.84 Å². The minimum atomic E-state index is -3.49. The van der Waals surface area contributed by atoms with Crippen molar-refractivity contribution in [2.75, 3.05) is 0 Å². The molecule has 0 unspecified atom stereocenters. The predicted molar refractivity (Wildman–Crippen MR) is 70.5 cm³/mol. The van der Waals surface area contributed by atoms with Crippen molar-refractivity contribution in [1.29, 1.82) is 0 Å². The van der Waals surface area contributed by atoms with Gasteiger partial charge < -0.3 is 0 Å². The standard InChI is InChI=1S/C13H16O2S/c1-5-9-10-11-13(8-4)16(14,15)12(6-2)7-3/h5-11H,1-2,4H2,3H3/b10-9-,12-7+,13-11+. The largest absolute Gasteiger partial charge is 0.219 e.